The molecule has 1 aromatic carbocycles. The summed E-state index contributed by atoms with van der Waals surface area (Å²) in [6.45, 7) is 2.98. The Hall–Kier alpha value is -1.74. The second-order valence-electron chi connectivity index (χ2n) is 4.22. The zero-order chi connectivity index (χ0) is 12.8. The summed E-state index contributed by atoms with van der Waals surface area (Å²) in [5, 5.41) is 3.44. The molecule has 0 saturated carbocycles. The van der Waals surface area contributed by atoms with Crippen LogP contribution in [0.1, 0.15) is 24.1 Å². The van der Waals surface area contributed by atoms with Crippen LogP contribution in [-0.2, 0) is 6.42 Å². The predicted molar refractivity (Wildman–Crippen MR) is 70.8 cm³/mol. The van der Waals surface area contributed by atoms with Crippen molar-refractivity contribution < 1.29 is 4.39 Å². The van der Waals surface area contributed by atoms with Gasteiger partial charge in [-0.05, 0) is 48.4 Å². The van der Waals surface area contributed by atoms with Crippen LogP contribution >= 0.6 is 0 Å². The lowest BCUT2D eigenvalue weighted by molar-refractivity contribution is 0.548. The Morgan fingerprint density at radius 1 is 1.11 bits per heavy atom. The number of hydrogen-bond acceptors (Lipinski definition) is 2. The summed E-state index contributed by atoms with van der Waals surface area (Å²) in [5.74, 6) is -0.192. The molecule has 1 unspecified atom stereocenters. The number of rotatable bonds is 5. The highest BCUT2D eigenvalue weighted by Crippen LogP contribution is 2.18. The first-order valence-corrected chi connectivity index (χ1v) is 6.17. The number of benzene rings is 1. The van der Waals surface area contributed by atoms with E-state index in [1.165, 1.54) is 17.7 Å². The average Bonchev–Trinajstić information content (AvgIpc) is 2.42. The van der Waals surface area contributed by atoms with Gasteiger partial charge in [0.25, 0.3) is 0 Å². The SMILES string of the molecule is CCNC(Cc1ccc(F)cc1)c1ccncc1. The van der Waals surface area contributed by atoms with Crippen molar-refractivity contribution in [2.75, 3.05) is 6.54 Å². The minimum absolute atomic E-state index is 0.192. The van der Waals surface area contributed by atoms with Crippen LogP contribution in [0.4, 0.5) is 4.39 Å². The van der Waals surface area contributed by atoms with E-state index in [1.54, 1.807) is 12.4 Å². The molecule has 2 nitrogen and oxygen atoms in total. The number of hydrogen-bond donors (Lipinski definition) is 1. The van der Waals surface area contributed by atoms with Gasteiger partial charge in [-0.25, -0.2) is 4.39 Å². The minimum Gasteiger partial charge on any atom is -0.310 e. The third-order valence-electron chi connectivity index (χ3n) is 2.91. The van der Waals surface area contributed by atoms with E-state index in [0.717, 1.165) is 18.5 Å². The van der Waals surface area contributed by atoms with Gasteiger partial charge in [-0.15, -0.1) is 0 Å². The fourth-order valence-corrected chi connectivity index (χ4v) is 2.01. The Morgan fingerprint density at radius 3 is 2.39 bits per heavy atom. The predicted octanol–water partition coefficient (Wildman–Crippen LogP) is 3.11. The molecule has 0 bridgehead atoms. The zero-order valence-corrected chi connectivity index (χ0v) is 10.4. The van der Waals surface area contributed by atoms with E-state index >= 15 is 0 Å². The molecule has 1 aromatic heterocycles. The van der Waals surface area contributed by atoms with Gasteiger partial charge in [0.05, 0.1) is 0 Å². The van der Waals surface area contributed by atoms with Crippen LogP contribution in [0.2, 0.25) is 0 Å². The first-order valence-electron chi connectivity index (χ1n) is 6.17. The van der Waals surface area contributed by atoms with Crippen molar-refractivity contribution in [1.82, 2.24) is 10.3 Å². The molecule has 0 saturated heterocycles. The van der Waals surface area contributed by atoms with Crippen molar-refractivity contribution in [3.63, 3.8) is 0 Å². The van der Waals surface area contributed by atoms with Crippen molar-refractivity contribution in [3.8, 4) is 0 Å². The van der Waals surface area contributed by atoms with Crippen LogP contribution < -0.4 is 5.32 Å². The van der Waals surface area contributed by atoms with Gasteiger partial charge in [0.2, 0.25) is 0 Å². The third-order valence-corrected chi connectivity index (χ3v) is 2.91. The molecule has 2 aromatic rings. The third kappa shape index (κ3) is 3.37. The second kappa shape index (κ2) is 6.26. The molecule has 0 amide bonds. The van der Waals surface area contributed by atoms with Crippen molar-refractivity contribution >= 4 is 0 Å². The summed E-state index contributed by atoms with van der Waals surface area (Å²) in [4.78, 5) is 4.03. The van der Waals surface area contributed by atoms with E-state index in [2.05, 4.69) is 17.2 Å². The number of halogens is 1. The molecule has 0 aliphatic heterocycles. The molecule has 1 atom stereocenters. The fraction of sp³-hybridized carbons (Fsp3) is 0.267. The van der Waals surface area contributed by atoms with Gasteiger partial charge in [0.15, 0.2) is 0 Å². The van der Waals surface area contributed by atoms with Gasteiger partial charge in [0, 0.05) is 18.4 Å². The first-order chi connectivity index (χ1) is 8.79. The number of nitrogens with zero attached hydrogens (tertiary/aromatic N) is 1. The molecule has 18 heavy (non-hydrogen) atoms. The van der Waals surface area contributed by atoms with Gasteiger partial charge in [-0.2, -0.15) is 0 Å². The van der Waals surface area contributed by atoms with Crippen LogP contribution in [0.15, 0.2) is 48.8 Å². The molecular formula is C15H17FN2. The van der Waals surface area contributed by atoms with Gasteiger partial charge >= 0.3 is 0 Å². The Morgan fingerprint density at radius 2 is 1.78 bits per heavy atom. The van der Waals surface area contributed by atoms with Crippen LogP contribution in [-0.4, -0.2) is 11.5 Å². The highest BCUT2D eigenvalue weighted by Gasteiger charge is 2.10. The molecule has 1 N–H and O–H groups in total. The Balaban J connectivity index is 2.14. The van der Waals surface area contributed by atoms with E-state index in [-0.39, 0.29) is 11.9 Å². The minimum atomic E-state index is -0.192. The molecule has 1 heterocycles. The van der Waals surface area contributed by atoms with Gasteiger partial charge in [-0.3, -0.25) is 4.98 Å². The summed E-state index contributed by atoms with van der Waals surface area (Å²) in [6, 6.07) is 10.9. The van der Waals surface area contributed by atoms with Gasteiger partial charge in [-0.1, -0.05) is 19.1 Å². The molecule has 3 heteroatoms. The largest absolute Gasteiger partial charge is 0.310 e. The molecule has 94 valence electrons. The molecule has 0 aliphatic rings. The summed E-state index contributed by atoms with van der Waals surface area (Å²) in [6.07, 6.45) is 4.44. The highest BCUT2D eigenvalue weighted by molar-refractivity contribution is 5.22. The van der Waals surface area contributed by atoms with E-state index in [0.29, 0.717) is 0 Å². The highest BCUT2D eigenvalue weighted by atomic mass is 19.1. The Kier molecular flexibility index (Phi) is 4.42. The molecule has 0 fully saturated rings. The van der Waals surface area contributed by atoms with Crippen molar-refractivity contribution in [2.24, 2.45) is 0 Å². The molecule has 0 aliphatic carbocycles. The topological polar surface area (TPSA) is 24.9 Å². The number of pyridine rings is 1. The average molecular weight is 244 g/mol. The smallest absolute Gasteiger partial charge is 0.123 e. The Labute approximate surface area is 107 Å². The summed E-state index contributed by atoms with van der Waals surface area (Å²) >= 11 is 0. The lowest BCUT2D eigenvalue weighted by atomic mass is 10.00. The van der Waals surface area contributed by atoms with E-state index in [4.69, 9.17) is 0 Å². The van der Waals surface area contributed by atoms with Crippen molar-refractivity contribution in [2.45, 2.75) is 19.4 Å². The van der Waals surface area contributed by atoms with E-state index in [1.807, 2.05) is 24.3 Å². The summed E-state index contributed by atoms with van der Waals surface area (Å²) < 4.78 is 12.9. The second-order valence-corrected chi connectivity index (χ2v) is 4.22. The van der Waals surface area contributed by atoms with Crippen LogP contribution in [0.25, 0.3) is 0 Å². The van der Waals surface area contributed by atoms with Crippen LogP contribution in [0.5, 0.6) is 0 Å². The molecule has 2 rings (SSSR count). The first kappa shape index (κ1) is 12.7. The maximum absolute atomic E-state index is 12.9. The van der Waals surface area contributed by atoms with Crippen molar-refractivity contribution in [1.29, 1.82) is 0 Å². The normalized spacial score (nSPS) is 12.3. The summed E-state index contributed by atoms with van der Waals surface area (Å²) in [7, 11) is 0. The lowest BCUT2D eigenvalue weighted by Crippen LogP contribution is -2.22. The van der Waals surface area contributed by atoms with E-state index in [9.17, 15) is 4.39 Å². The van der Waals surface area contributed by atoms with Crippen LogP contribution in [0, 0.1) is 5.82 Å². The number of aromatic nitrogens is 1. The molecular weight excluding hydrogens is 227 g/mol. The quantitative estimate of drug-likeness (QED) is 0.874. The lowest BCUT2D eigenvalue weighted by Gasteiger charge is -2.18. The maximum atomic E-state index is 12.9. The monoisotopic (exact) mass is 244 g/mol. The van der Waals surface area contributed by atoms with Gasteiger partial charge in [0.1, 0.15) is 5.82 Å². The fourth-order valence-electron chi connectivity index (χ4n) is 2.01. The molecule has 0 radical (unpaired) electrons. The van der Waals surface area contributed by atoms with E-state index < -0.39 is 0 Å². The summed E-state index contributed by atoms with van der Waals surface area (Å²) in [5.41, 5.74) is 2.33. The van der Waals surface area contributed by atoms with Gasteiger partial charge < -0.3 is 5.32 Å². The zero-order valence-electron chi connectivity index (χ0n) is 10.4. The molecule has 0 spiro atoms. The number of likely N-dealkylation sites (N-methyl/N-ethyl adjacent to an activating group) is 1. The number of nitrogens with one attached hydrogen (secondary N) is 1. The standard InChI is InChI=1S/C15H17FN2/c1-2-18-15(13-7-9-17-10-8-13)11-12-3-5-14(16)6-4-12/h3-10,15,18H,2,11H2,1H3. The van der Waals surface area contributed by atoms with Crippen LogP contribution in [0.3, 0.4) is 0 Å². The van der Waals surface area contributed by atoms with Crippen molar-refractivity contribution in [3.05, 3.63) is 65.7 Å². The Bertz CT molecular complexity index is 468. The maximum Gasteiger partial charge on any atom is 0.123 e.